The Morgan fingerprint density at radius 2 is 1.95 bits per heavy atom. The number of halogens is 2. The summed E-state index contributed by atoms with van der Waals surface area (Å²) in [6, 6.07) is 5.68. The molecule has 1 aliphatic rings. The van der Waals surface area contributed by atoms with Crippen molar-refractivity contribution < 1.29 is 8.78 Å². The maximum atomic E-state index is 14.2. The summed E-state index contributed by atoms with van der Waals surface area (Å²) in [4.78, 5) is 0. The first-order chi connectivity index (χ1) is 10.7. The van der Waals surface area contributed by atoms with Gasteiger partial charge in [-0.3, -0.25) is 0 Å². The number of benzene rings is 1. The molecule has 0 nitrogen and oxygen atoms in total. The van der Waals surface area contributed by atoms with Crippen LogP contribution in [0, 0.1) is 11.7 Å². The van der Waals surface area contributed by atoms with Crippen molar-refractivity contribution in [2.75, 3.05) is 0 Å². The smallest absolute Gasteiger partial charge is 0.126 e. The van der Waals surface area contributed by atoms with Crippen LogP contribution in [-0.4, -0.2) is 0 Å². The van der Waals surface area contributed by atoms with Crippen molar-refractivity contribution in [2.45, 2.75) is 70.6 Å². The van der Waals surface area contributed by atoms with E-state index in [0.717, 1.165) is 11.5 Å². The van der Waals surface area contributed by atoms with E-state index in [4.69, 9.17) is 0 Å². The van der Waals surface area contributed by atoms with Crippen molar-refractivity contribution in [2.24, 2.45) is 5.92 Å². The second-order valence-corrected chi connectivity index (χ2v) is 6.61. The van der Waals surface area contributed by atoms with Crippen molar-refractivity contribution in [3.05, 3.63) is 47.5 Å². The van der Waals surface area contributed by atoms with Crippen molar-refractivity contribution in [1.29, 1.82) is 0 Å². The molecule has 1 aromatic carbocycles. The Balaban J connectivity index is 1.89. The summed E-state index contributed by atoms with van der Waals surface area (Å²) < 4.78 is 26.1. The van der Waals surface area contributed by atoms with E-state index in [1.165, 1.54) is 51.0 Å². The molecular weight excluding hydrogens is 278 g/mol. The van der Waals surface area contributed by atoms with Gasteiger partial charge in [-0.1, -0.05) is 44.4 Å². The predicted octanol–water partition coefficient (Wildman–Crippen LogP) is 6.71. The second-order valence-electron chi connectivity index (χ2n) is 6.61. The van der Waals surface area contributed by atoms with Gasteiger partial charge in [0.25, 0.3) is 0 Å². The zero-order valence-corrected chi connectivity index (χ0v) is 13.7. The Labute approximate surface area is 133 Å². The van der Waals surface area contributed by atoms with Gasteiger partial charge in [0.15, 0.2) is 0 Å². The van der Waals surface area contributed by atoms with Crippen LogP contribution in [0.2, 0.25) is 0 Å². The summed E-state index contributed by atoms with van der Waals surface area (Å²) in [5.74, 6) is 1.28. The van der Waals surface area contributed by atoms with Gasteiger partial charge in [0.2, 0.25) is 0 Å². The molecule has 1 aromatic rings. The van der Waals surface area contributed by atoms with Crippen LogP contribution in [0.1, 0.15) is 75.3 Å². The van der Waals surface area contributed by atoms with Crippen molar-refractivity contribution >= 4 is 0 Å². The minimum Gasteiger partial charge on any atom is -0.216 e. The van der Waals surface area contributed by atoms with E-state index in [-0.39, 0.29) is 5.82 Å². The zero-order valence-electron chi connectivity index (χ0n) is 13.7. The van der Waals surface area contributed by atoms with Crippen molar-refractivity contribution in [3.8, 4) is 0 Å². The average molecular weight is 306 g/mol. The van der Waals surface area contributed by atoms with Gasteiger partial charge in [-0.25, -0.2) is 8.78 Å². The largest absolute Gasteiger partial charge is 0.216 e. The maximum absolute atomic E-state index is 14.2. The van der Waals surface area contributed by atoms with Gasteiger partial charge in [0, 0.05) is 0 Å². The number of allylic oxidation sites excluding steroid dienone is 1. The summed E-state index contributed by atoms with van der Waals surface area (Å²) in [5, 5.41) is 0. The summed E-state index contributed by atoms with van der Waals surface area (Å²) in [6.45, 7) is 2.25. The molecule has 0 aliphatic heterocycles. The first-order valence-corrected chi connectivity index (χ1v) is 8.78. The van der Waals surface area contributed by atoms with Gasteiger partial charge < -0.3 is 0 Å². The Kier molecular flexibility index (Phi) is 7.08. The van der Waals surface area contributed by atoms with Crippen molar-refractivity contribution in [3.63, 3.8) is 0 Å². The Bertz CT molecular complexity index is 471. The van der Waals surface area contributed by atoms with Crippen LogP contribution < -0.4 is 0 Å². The predicted molar refractivity (Wildman–Crippen MR) is 89.2 cm³/mol. The van der Waals surface area contributed by atoms with E-state index >= 15 is 0 Å². The van der Waals surface area contributed by atoms with Gasteiger partial charge in [0.05, 0.1) is 6.33 Å². The van der Waals surface area contributed by atoms with Gasteiger partial charge >= 0.3 is 0 Å². The van der Waals surface area contributed by atoms with Crippen LogP contribution in [0.5, 0.6) is 0 Å². The molecule has 1 fully saturated rings. The van der Waals surface area contributed by atoms with Gasteiger partial charge in [0.1, 0.15) is 5.82 Å². The molecule has 2 rings (SSSR count). The molecule has 0 aromatic heterocycles. The summed E-state index contributed by atoms with van der Waals surface area (Å²) >= 11 is 0. The molecule has 1 aliphatic carbocycles. The third kappa shape index (κ3) is 4.93. The molecule has 0 amide bonds. The normalized spacial score (nSPS) is 22.3. The highest BCUT2D eigenvalue weighted by atomic mass is 19.1. The molecule has 0 unspecified atom stereocenters. The fourth-order valence-electron chi connectivity index (χ4n) is 3.60. The van der Waals surface area contributed by atoms with E-state index in [0.29, 0.717) is 30.7 Å². The van der Waals surface area contributed by atoms with Gasteiger partial charge in [-0.05, 0) is 67.6 Å². The highest BCUT2D eigenvalue weighted by Crippen LogP contribution is 2.38. The van der Waals surface area contributed by atoms with Crippen molar-refractivity contribution in [1.82, 2.24) is 0 Å². The topological polar surface area (TPSA) is 0 Å². The second kappa shape index (κ2) is 9.07. The molecular formula is C20H28F2. The maximum Gasteiger partial charge on any atom is 0.126 e. The van der Waals surface area contributed by atoms with Crippen LogP contribution in [0.3, 0.4) is 0 Å². The van der Waals surface area contributed by atoms with Crippen LogP contribution in [0.25, 0.3) is 0 Å². The molecule has 122 valence electrons. The van der Waals surface area contributed by atoms with E-state index in [1.807, 2.05) is 6.07 Å². The van der Waals surface area contributed by atoms with Crippen LogP contribution in [0.15, 0.2) is 30.6 Å². The zero-order chi connectivity index (χ0) is 15.8. The lowest BCUT2D eigenvalue weighted by Gasteiger charge is -2.29. The Morgan fingerprint density at radius 1 is 1.18 bits per heavy atom. The molecule has 0 heterocycles. The third-order valence-electron chi connectivity index (χ3n) is 5.03. The number of rotatable bonds is 7. The molecule has 22 heavy (non-hydrogen) atoms. The minimum absolute atomic E-state index is 0.127. The number of hydrogen-bond donors (Lipinski definition) is 0. The molecule has 0 bridgehead atoms. The van der Waals surface area contributed by atoms with Gasteiger partial charge in [-0.15, -0.1) is 0 Å². The first-order valence-electron chi connectivity index (χ1n) is 8.78. The van der Waals surface area contributed by atoms with E-state index in [1.54, 1.807) is 6.07 Å². The van der Waals surface area contributed by atoms with E-state index in [9.17, 15) is 8.78 Å². The minimum atomic E-state index is -0.127. The van der Waals surface area contributed by atoms with Crippen LogP contribution in [-0.2, 0) is 6.42 Å². The lowest BCUT2D eigenvalue weighted by molar-refractivity contribution is 0.304. The fourth-order valence-corrected chi connectivity index (χ4v) is 3.60. The lowest BCUT2D eigenvalue weighted by Crippen LogP contribution is -2.13. The standard InChI is InChI=1S/C20H28F2/c1-2-3-6-16-8-10-17(11-9-16)19-13-12-18(20(22)15-19)7-4-5-14-21/h5,12-17H,2-4,6-11H2,1H3. The SMILES string of the molecule is CCCCC1CCC(c2ccc(CCC=CF)c(F)c2)CC1. The van der Waals surface area contributed by atoms with E-state index < -0.39 is 0 Å². The summed E-state index contributed by atoms with van der Waals surface area (Å²) in [7, 11) is 0. The fraction of sp³-hybridized carbons (Fsp3) is 0.600. The molecule has 0 atom stereocenters. The first kappa shape index (κ1) is 17.2. The highest BCUT2D eigenvalue weighted by molar-refractivity contribution is 5.27. The molecule has 0 N–H and O–H groups in total. The molecule has 2 heteroatoms. The van der Waals surface area contributed by atoms with Crippen LogP contribution >= 0.6 is 0 Å². The lowest BCUT2D eigenvalue weighted by atomic mass is 9.77. The summed E-state index contributed by atoms with van der Waals surface area (Å²) in [5.41, 5.74) is 1.84. The van der Waals surface area contributed by atoms with E-state index in [2.05, 4.69) is 13.0 Å². The highest BCUT2D eigenvalue weighted by Gasteiger charge is 2.22. The molecule has 0 radical (unpaired) electrons. The summed E-state index contributed by atoms with van der Waals surface area (Å²) in [6.07, 6.45) is 12.0. The molecule has 0 saturated heterocycles. The quantitative estimate of drug-likeness (QED) is 0.525. The number of unbranched alkanes of at least 4 members (excludes halogenated alkanes) is 1. The monoisotopic (exact) mass is 306 g/mol. The number of hydrogen-bond acceptors (Lipinski definition) is 0. The Hall–Kier alpha value is -1.18. The third-order valence-corrected chi connectivity index (χ3v) is 5.03. The molecule has 0 spiro atoms. The van der Waals surface area contributed by atoms with Crippen LogP contribution in [0.4, 0.5) is 8.78 Å². The number of aryl methyl sites for hydroxylation is 1. The Morgan fingerprint density at radius 3 is 2.59 bits per heavy atom. The average Bonchev–Trinajstić information content (AvgIpc) is 2.55. The van der Waals surface area contributed by atoms with Gasteiger partial charge in [-0.2, -0.15) is 0 Å². The molecule has 1 saturated carbocycles.